The maximum atomic E-state index is 13.4. The number of pyridine rings is 1. The average Bonchev–Trinajstić information content (AvgIpc) is 3.34. The van der Waals surface area contributed by atoms with Gasteiger partial charge >= 0.3 is 0 Å². The first-order valence-electron chi connectivity index (χ1n) is 10.1. The minimum Gasteiger partial charge on any atom is -0.327 e. The fourth-order valence-corrected chi connectivity index (χ4v) is 3.75. The maximum absolute atomic E-state index is 13.4. The van der Waals surface area contributed by atoms with Crippen LogP contribution in [-0.2, 0) is 12.5 Å². The molecule has 0 saturated carbocycles. The third kappa shape index (κ3) is 3.77. The first-order valence-corrected chi connectivity index (χ1v) is 10.1. The molecule has 0 radical (unpaired) electrons. The molecule has 4 rings (SSSR count). The highest BCUT2D eigenvalue weighted by Gasteiger charge is 2.34. The molecule has 1 saturated heterocycles. The third-order valence-corrected chi connectivity index (χ3v) is 5.38. The Balaban J connectivity index is 1.68. The largest absolute Gasteiger partial charge is 0.327 e. The highest BCUT2D eigenvalue weighted by molar-refractivity contribution is 5.93. The van der Waals surface area contributed by atoms with Gasteiger partial charge < -0.3 is 9.88 Å². The topological polar surface area (TPSA) is 96.8 Å². The molecule has 1 N–H and O–H groups in total. The second kappa shape index (κ2) is 7.51. The van der Waals surface area contributed by atoms with E-state index in [9.17, 15) is 9.59 Å². The summed E-state index contributed by atoms with van der Waals surface area (Å²) in [6.45, 7) is 6.82. The lowest BCUT2D eigenvalue weighted by Gasteiger charge is -2.24. The van der Waals surface area contributed by atoms with Crippen LogP contribution < -0.4 is 5.56 Å². The molecule has 0 unspecified atom stereocenters. The first kappa shape index (κ1) is 20.0. The van der Waals surface area contributed by atoms with Crippen molar-refractivity contribution in [2.45, 2.75) is 45.1 Å². The Morgan fingerprint density at radius 2 is 2.00 bits per heavy atom. The smallest absolute Gasteiger partial charge is 0.272 e. The number of nitrogens with one attached hydrogen (secondary N) is 1. The van der Waals surface area contributed by atoms with Crippen molar-refractivity contribution in [3.05, 3.63) is 64.1 Å². The van der Waals surface area contributed by atoms with E-state index in [-0.39, 0.29) is 22.9 Å². The summed E-state index contributed by atoms with van der Waals surface area (Å²) in [5, 5.41) is 4.53. The number of hydrogen-bond acceptors (Lipinski definition) is 5. The van der Waals surface area contributed by atoms with Crippen molar-refractivity contribution in [2.75, 3.05) is 6.54 Å². The predicted octanol–water partition coefficient (Wildman–Crippen LogP) is 2.84. The molecule has 1 amide bonds. The van der Waals surface area contributed by atoms with Crippen LogP contribution in [0.2, 0.25) is 0 Å². The Morgan fingerprint density at radius 3 is 2.67 bits per heavy atom. The van der Waals surface area contributed by atoms with Crippen LogP contribution in [0.5, 0.6) is 0 Å². The summed E-state index contributed by atoms with van der Waals surface area (Å²) in [5.74, 6) is 0.390. The molecular weight excluding hydrogens is 380 g/mol. The van der Waals surface area contributed by atoms with Gasteiger partial charge in [0, 0.05) is 31.3 Å². The molecule has 8 nitrogen and oxygen atoms in total. The summed E-state index contributed by atoms with van der Waals surface area (Å²) < 4.78 is 1.64. The lowest BCUT2D eigenvalue weighted by atomic mass is 9.92. The summed E-state index contributed by atoms with van der Waals surface area (Å²) in [6.07, 6.45) is 3.25. The molecule has 3 aromatic rings. The summed E-state index contributed by atoms with van der Waals surface area (Å²) in [6, 6.07) is 8.48. The minimum atomic E-state index is -0.290. The van der Waals surface area contributed by atoms with E-state index < -0.39 is 0 Å². The van der Waals surface area contributed by atoms with Crippen LogP contribution in [0.15, 0.2) is 41.3 Å². The van der Waals surface area contributed by atoms with Crippen molar-refractivity contribution < 1.29 is 4.79 Å². The highest BCUT2D eigenvalue weighted by atomic mass is 16.2. The van der Waals surface area contributed by atoms with Crippen molar-refractivity contribution in [3.8, 4) is 11.4 Å². The van der Waals surface area contributed by atoms with E-state index in [0.717, 1.165) is 18.5 Å². The van der Waals surface area contributed by atoms with Crippen LogP contribution in [0.4, 0.5) is 0 Å². The van der Waals surface area contributed by atoms with E-state index in [2.05, 4.69) is 40.8 Å². The Kier molecular flexibility index (Phi) is 5.01. The number of likely N-dealkylation sites (tertiary alicyclic amines) is 1. The normalized spacial score (nSPS) is 16.8. The van der Waals surface area contributed by atoms with E-state index in [0.29, 0.717) is 29.5 Å². The van der Waals surface area contributed by atoms with Gasteiger partial charge in [0.05, 0.1) is 23.1 Å². The molecule has 1 aliphatic rings. The van der Waals surface area contributed by atoms with Gasteiger partial charge in [0.25, 0.3) is 11.5 Å². The molecule has 1 fully saturated rings. The van der Waals surface area contributed by atoms with Gasteiger partial charge in [-0.2, -0.15) is 5.10 Å². The number of nitrogens with zero attached hydrogens (tertiary/aromatic N) is 5. The zero-order valence-electron chi connectivity index (χ0n) is 17.7. The molecule has 0 bridgehead atoms. The standard InChI is InChI=1S/C22H26N6O2/c1-22(2,3)18-13-17(27(4)26-18)21(30)28-11-7-9-16(28)20-24-15(12-19(29)25-20)14-8-5-6-10-23-14/h5-6,8,10,12-13,16H,7,9,11H2,1-4H3,(H,24,25,29)/t16-/m0/s1. The van der Waals surface area contributed by atoms with Gasteiger partial charge in [-0.05, 0) is 31.0 Å². The van der Waals surface area contributed by atoms with Crippen LogP contribution in [0.1, 0.15) is 61.7 Å². The van der Waals surface area contributed by atoms with Crippen molar-refractivity contribution in [3.63, 3.8) is 0 Å². The molecule has 1 aliphatic heterocycles. The van der Waals surface area contributed by atoms with E-state index in [1.165, 1.54) is 6.07 Å². The predicted molar refractivity (Wildman–Crippen MR) is 113 cm³/mol. The molecule has 30 heavy (non-hydrogen) atoms. The zero-order valence-corrected chi connectivity index (χ0v) is 17.7. The number of carbonyl (C=O) groups excluding carboxylic acids is 1. The molecule has 0 spiro atoms. The Bertz CT molecular complexity index is 1130. The van der Waals surface area contributed by atoms with E-state index >= 15 is 0 Å². The van der Waals surface area contributed by atoms with Gasteiger partial charge in [0.2, 0.25) is 0 Å². The molecule has 8 heteroatoms. The Labute approximate surface area is 175 Å². The molecule has 4 heterocycles. The lowest BCUT2D eigenvalue weighted by Crippen LogP contribution is -2.33. The SMILES string of the molecule is Cn1nc(C(C)(C)C)cc1C(=O)N1CCC[C@H]1c1nc(-c2ccccn2)cc(=O)[nH]1. The number of carbonyl (C=O) groups is 1. The van der Waals surface area contributed by atoms with Gasteiger partial charge in [-0.25, -0.2) is 4.98 Å². The highest BCUT2D eigenvalue weighted by Crippen LogP contribution is 2.32. The molecule has 3 aromatic heterocycles. The summed E-state index contributed by atoms with van der Waals surface area (Å²) in [5.41, 5.74) is 2.13. The molecule has 0 aliphatic carbocycles. The zero-order chi connectivity index (χ0) is 21.5. The van der Waals surface area contributed by atoms with Gasteiger partial charge in [0.15, 0.2) is 0 Å². The van der Waals surface area contributed by atoms with E-state index in [1.54, 1.807) is 22.8 Å². The van der Waals surface area contributed by atoms with Crippen molar-refractivity contribution >= 4 is 5.91 Å². The molecule has 1 atom stereocenters. The monoisotopic (exact) mass is 406 g/mol. The molecular formula is C22H26N6O2. The van der Waals surface area contributed by atoms with E-state index in [1.807, 2.05) is 24.3 Å². The Morgan fingerprint density at radius 1 is 1.20 bits per heavy atom. The summed E-state index contributed by atoms with van der Waals surface area (Å²) >= 11 is 0. The maximum Gasteiger partial charge on any atom is 0.272 e. The van der Waals surface area contributed by atoms with Crippen LogP contribution in [-0.4, -0.2) is 42.1 Å². The van der Waals surface area contributed by atoms with E-state index in [4.69, 9.17) is 0 Å². The van der Waals surface area contributed by atoms with Crippen LogP contribution in [0, 0.1) is 0 Å². The van der Waals surface area contributed by atoms with Crippen LogP contribution in [0.3, 0.4) is 0 Å². The van der Waals surface area contributed by atoms with Crippen molar-refractivity contribution in [1.29, 1.82) is 0 Å². The van der Waals surface area contributed by atoms with Gasteiger partial charge in [-0.3, -0.25) is 19.3 Å². The van der Waals surface area contributed by atoms with Crippen LogP contribution >= 0.6 is 0 Å². The fraction of sp³-hybridized carbons (Fsp3) is 0.409. The lowest BCUT2D eigenvalue weighted by molar-refractivity contribution is 0.0718. The Hall–Kier alpha value is -3.29. The number of aromatic amines is 1. The molecule has 156 valence electrons. The summed E-state index contributed by atoms with van der Waals surface area (Å²) in [7, 11) is 1.79. The first-order chi connectivity index (χ1) is 14.2. The number of H-pyrrole nitrogens is 1. The van der Waals surface area contributed by atoms with Gasteiger partial charge in [-0.1, -0.05) is 26.8 Å². The number of aromatic nitrogens is 5. The minimum absolute atomic E-state index is 0.103. The fourth-order valence-electron chi connectivity index (χ4n) is 3.75. The van der Waals surface area contributed by atoms with Crippen molar-refractivity contribution in [2.24, 2.45) is 7.05 Å². The number of rotatable bonds is 3. The van der Waals surface area contributed by atoms with Gasteiger partial charge in [0.1, 0.15) is 11.5 Å². The molecule has 0 aromatic carbocycles. The summed E-state index contributed by atoms with van der Waals surface area (Å²) in [4.78, 5) is 39.2. The number of aryl methyl sites for hydroxylation is 1. The van der Waals surface area contributed by atoms with Crippen molar-refractivity contribution in [1.82, 2.24) is 29.6 Å². The second-order valence-corrected chi connectivity index (χ2v) is 8.68. The number of amides is 1. The van der Waals surface area contributed by atoms with Crippen LogP contribution in [0.25, 0.3) is 11.4 Å². The number of hydrogen-bond donors (Lipinski definition) is 1. The second-order valence-electron chi connectivity index (χ2n) is 8.68. The quantitative estimate of drug-likeness (QED) is 0.721. The van der Waals surface area contributed by atoms with Gasteiger partial charge in [-0.15, -0.1) is 0 Å². The average molecular weight is 406 g/mol. The third-order valence-electron chi connectivity index (χ3n) is 5.38.